The van der Waals surface area contributed by atoms with Crippen LogP contribution in [0, 0.1) is 0 Å². The van der Waals surface area contributed by atoms with Crippen molar-refractivity contribution in [3.63, 3.8) is 0 Å². The molecular formula is C26H30N8O5. The van der Waals surface area contributed by atoms with Crippen molar-refractivity contribution >= 4 is 29.3 Å². The van der Waals surface area contributed by atoms with E-state index in [1.54, 1.807) is 41.7 Å². The van der Waals surface area contributed by atoms with Gasteiger partial charge in [0, 0.05) is 37.7 Å². The van der Waals surface area contributed by atoms with Gasteiger partial charge in [0.1, 0.15) is 35.8 Å². The molecule has 3 aromatic heterocycles. The van der Waals surface area contributed by atoms with Gasteiger partial charge in [-0.2, -0.15) is 0 Å². The number of anilines is 3. The van der Waals surface area contributed by atoms with Gasteiger partial charge in [0.2, 0.25) is 0 Å². The van der Waals surface area contributed by atoms with E-state index in [1.807, 2.05) is 19.9 Å². The number of carbonyl (C=O) groups is 2. The van der Waals surface area contributed by atoms with E-state index >= 15 is 0 Å². The molecule has 3 N–H and O–H groups in total. The third-order valence-electron chi connectivity index (χ3n) is 6.84. The van der Waals surface area contributed by atoms with Gasteiger partial charge in [-0.05, 0) is 38.5 Å². The zero-order valence-corrected chi connectivity index (χ0v) is 21.7. The Hall–Kier alpha value is -4.23. The second-order valence-electron chi connectivity index (χ2n) is 10.1. The van der Waals surface area contributed by atoms with Gasteiger partial charge < -0.3 is 29.4 Å². The molecule has 3 aromatic rings. The van der Waals surface area contributed by atoms with Crippen LogP contribution in [0.1, 0.15) is 36.6 Å². The van der Waals surface area contributed by atoms with Crippen molar-refractivity contribution in [3.05, 3.63) is 54.4 Å². The Morgan fingerprint density at radius 3 is 2.92 bits per heavy atom. The first-order valence-corrected chi connectivity index (χ1v) is 12.9. The summed E-state index contributed by atoms with van der Waals surface area (Å²) in [4.78, 5) is 46.1. The van der Waals surface area contributed by atoms with E-state index < -0.39 is 5.79 Å². The number of pyridine rings is 2. The molecule has 0 aromatic carbocycles. The number of amides is 3. The molecule has 2 saturated heterocycles. The predicted molar refractivity (Wildman–Crippen MR) is 141 cm³/mol. The average molecular weight is 535 g/mol. The molecule has 0 aliphatic carbocycles. The average Bonchev–Trinajstić information content (AvgIpc) is 3.67. The van der Waals surface area contributed by atoms with Crippen LogP contribution in [0.2, 0.25) is 0 Å². The van der Waals surface area contributed by atoms with Gasteiger partial charge in [-0.3, -0.25) is 15.0 Å². The summed E-state index contributed by atoms with van der Waals surface area (Å²) in [6.45, 7) is 6.23. The number of urea groups is 1. The van der Waals surface area contributed by atoms with E-state index in [0.717, 1.165) is 18.7 Å². The number of H-pyrrole nitrogens is 1. The van der Waals surface area contributed by atoms with E-state index in [0.29, 0.717) is 43.0 Å². The van der Waals surface area contributed by atoms with Crippen molar-refractivity contribution in [1.82, 2.24) is 25.3 Å². The van der Waals surface area contributed by atoms with Crippen molar-refractivity contribution in [2.75, 3.05) is 41.4 Å². The highest BCUT2D eigenvalue weighted by Gasteiger charge is 2.40. The van der Waals surface area contributed by atoms with Gasteiger partial charge >= 0.3 is 6.03 Å². The van der Waals surface area contributed by atoms with Gasteiger partial charge in [-0.25, -0.2) is 19.7 Å². The minimum atomic E-state index is -0.625. The number of ether oxygens (including phenoxy) is 3. The van der Waals surface area contributed by atoms with E-state index in [4.69, 9.17) is 14.2 Å². The summed E-state index contributed by atoms with van der Waals surface area (Å²) in [7, 11) is 0. The third kappa shape index (κ3) is 5.36. The molecule has 3 aliphatic heterocycles. The van der Waals surface area contributed by atoms with Crippen LogP contribution in [0.3, 0.4) is 0 Å². The van der Waals surface area contributed by atoms with Gasteiger partial charge in [-0.15, -0.1) is 0 Å². The van der Waals surface area contributed by atoms with Crippen molar-refractivity contribution in [1.29, 1.82) is 0 Å². The Bertz CT molecular complexity index is 1360. The first-order valence-electron chi connectivity index (χ1n) is 12.9. The van der Waals surface area contributed by atoms with E-state index in [9.17, 15) is 9.59 Å². The molecule has 0 radical (unpaired) electrons. The Kier molecular flexibility index (Phi) is 6.53. The maximum atomic E-state index is 13.6. The van der Waals surface area contributed by atoms with Gasteiger partial charge in [0.15, 0.2) is 11.6 Å². The number of fused-ring (bicyclic) bond motifs is 4. The van der Waals surface area contributed by atoms with Gasteiger partial charge in [-0.1, -0.05) is 0 Å². The number of imidazole rings is 1. The molecule has 6 rings (SSSR count). The normalized spacial score (nSPS) is 21.0. The predicted octanol–water partition coefficient (Wildman–Crippen LogP) is 2.29. The minimum absolute atomic E-state index is 0.0752. The molecule has 1 unspecified atom stereocenters. The minimum Gasteiger partial charge on any atom is -0.491 e. The molecule has 39 heavy (non-hydrogen) atoms. The van der Waals surface area contributed by atoms with Crippen molar-refractivity contribution in [2.45, 2.75) is 44.7 Å². The SMILES string of the molecule is CC1(C)OC[C@H](COc2ccnc(NC(=O)N3c4nc(C(=O)NCc5ncc[nH]5)ccc4N4CCC3C4)c2)O1. The molecule has 2 atom stereocenters. The second-order valence-corrected chi connectivity index (χ2v) is 10.1. The van der Waals surface area contributed by atoms with Crippen LogP contribution in [0.5, 0.6) is 5.75 Å². The fraction of sp³-hybridized carbons (Fsp3) is 0.423. The summed E-state index contributed by atoms with van der Waals surface area (Å²) < 4.78 is 17.2. The highest BCUT2D eigenvalue weighted by Crippen LogP contribution is 2.39. The zero-order chi connectivity index (χ0) is 27.0. The standard InChI is InChI=1S/C26H30N8O5/c1-26(2)38-15-18(39-26)14-37-17-5-7-27-21(11-17)32-25(36)34-16-6-10-33(13-16)20-4-3-19(31-23(20)34)24(35)30-12-22-28-8-9-29-22/h3-5,7-9,11,16,18H,6,10,12-15H2,1-2H3,(H,28,29)(H,30,35)(H,27,32,36)/t16?,18-/m0/s1. The van der Waals surface area contributed by atoms with Crippen LogP contribution < -0.4 is 25.2 Å². The lowest BCUT2D eigenvalue weighted by Crippen LogP contribution is -2.48. The highest BCUT2D eigenvalue weighted by atomic mass is 16.7. The number of nitrogens with zero attached hydrogens (tertiary/aromatic N) is 5. The number of aromatic amines is 1. The maximum Gasteiger partial charge on any atom is 0.329 e. The fourth-order valence-electron chi connectivity index (χ4n) is 5.02. The number of nitrogens with one attached hydrogen (secondary N) is 3. The van der Waals surface area contributed by atoms with E-state index in [-0.39, 0.29) is 36.3 Å². The highest BCUT2D eigenvalue weighted by molar-refractivity contribution is 6.05. The first-order chi connectivity index (χ1) is 18.8. The Balaban J connectivity index is 1.16. The van der Waals surface area contributed by atoms with Crippen LogP contribution in [0.25, 0.3) is 0 Å². The summed E-state index contributed by atoms with van der Waals surface area (Å²) in [5.74, 6) is 0.997. The van der Waals surface area contributed by atoms with Gasteiger partial charge in [0.05, 0.1) is 24.9 Å². The molecule has 2 bridgehead atoms. The number of hydrogen-bond acceptors (Lipinski definition) is 9. The lowest BCUT2D eigenvalue weighted by Gasteiger charge is -2.35. The quantitative estimate of drug-likeness (QED) is 0.415. The van der Waals surface area contributed by atoms with Crippen LogP contribution in [-0.2, 0) is 16.0 Å². The van der Waals surface area contributed by atoms with Crippen LogP contribution >= 0.6 is 0 Å². The van der Waals surface area contributed by atoms with Crippen molar-refractivity contribution in [3.8, 4) is 5.75 Å². The van der Waals surface area contributed by atoms with E-state index in [1.165, 1.54) is 0 Å². The molecule has 13 nitrogen and oxygen atoms in total. The second kappa shape index (κ2) is 10.2. The molecule has 0 saturated carbocycles. The number of aromatic nitrogens is 4. The molecule has 204 valence electrons. The Labute approximate surface area is 224 Å². The maximum absolute atomic E-state index is 13.6. The Morgan fingerprint density at radius 2 is 2.13 bits per heavy atom. The molecule has 2 fully saturated rings. The first kappa shape index (κ1) is 25.1. The lowest BCUT2D eigenvalue weighted by atomic mass is 10.1. The smallest absolute Gasteiger partial charge is 0.329 e. The summed E-state index contributed by atoms with van der Waals surface area (Å²) in [6.07, 6.45) is 5.49. The monoisotopic (exact) mass is 534 g/mol. The largest absolute Gasteiger partial charge is 0.491 e. The van der Waals surface area contributed by atoms with E-state index in [2.05, 4.69) is 35.5 Å². The molecule has 0 spiro atoms. The van der Waals surface area contributed by atoms with Gasteiger partial charge in [0.25, 0.3) is 5.91 Å². The van der Waals surface area contributed by atoms with Crippen molar-refractivity contribution in [2.24, 2.45) is 0 Å². The number of rotatable bonds is 7. The third-order valence-corrected chi connectivity index (χ3v) is 6.84. The zero-order valence-electron chi connectivity index (χ0n) is 21.7. The molecule has 6 heterocycles. The number of hydrogen-bond donors (Lipinski definition) is 3. The molecule has 3 amide bonds. The summed E-state index contributed by atoms with van der Waals surface area (Å²) in [6, 6.07) is 6.45. The van der Waals surface area contributed by atoms with Crippen LogP contribution in [-0.4, -0.2) is 76.1 Å². The van der Waals surface area contributed by atoms with Crippen LogP contribution in [0.15, 0.2) is 42.9 Å². The Morgan fingerprint density at radius 1 is 1.23 bits per heavy atom. The molecule has 3 aliphatic rings. The lowest BCUT2D eigenvalue weighted by molar-refractivity contribution is -0.141. The topological polar surface area (TPSA) is 147 Å². The number of carbonyl (C=O) groups excluding carboxylic acids is 2. The molecular weight excluding hydrogens is 504 g/mol. The van der Waals surface area contributed by atoms with Crippen molar-refractivity contribution < 1.29 is 23.8 Å². The fourth-order valence-corrected chi connectivity index (χ4v) is 5.02. The molecule has 13 heteroatoms. The summed E-state index contributed by atoms with van der Waals surface area (Å²) >= 11 is 0. The van der Waals surface area contributed by atoms with Crippen LogP contribution in [0.4, 0.5) is 22.1 Å². The summed E-state index contributed by atoms with van der Waals surface area (Å²) in [5.41, 5.74) is 1.03. The summed E-state index contributed by atoms with van der Waals surface area (Å²) in [5, 5.41) is 5.68.